The number of amides is 1. The fraction of sp³-hybridized carbons (Fsp3) is 0.414. The van der Waals surface area contributed by atoms with Gasteiger partial charge in [-0.3, -0.25) is 9.69 Å². The number of carbonyl (C=O) groups excluding carboxylic acids is 1. The number of rotatable bonds is 11. The first-order valence-corrected chi connectivity index (χ1v) is 17.8. The molecule has 0 spiro atoms. The van der Waals surface area contributed by atoms with Crippen molar-refractivity contribution in [3.63, 3.8) is 0 Å². The molecule has 11 nitrogen and oxygen atoms in total. The molecule has 5 rings (SSSR count). The Morgan fingerprint density at radius 2 is 1.88 bits per heavy atom. The molecule has 1 aliphatic rings. The van der Waals surface area contributed by atoms with E-state index in [2.05, 4.69) is 57.1 Å². The Balaban J connectivity index is 1.37. The van der Waals surface area contributed by atoms with Crippen molar-refractivity contribution in [2.24, 2.45) is 0 Å². The van der Waals surface area contributed by atoms with Crippen molar-refractivity contribution in [3.8, 4) is 11.5 Å². The van der Waals surface area contributed by atoms with E-state index in [-0.39, 0.29) is 11.7 Å². The molecule has 1 saturated heterocycles. The lowest BCUT2D eigenvalue weighted by molar-refractivity contribution is -0.117. The molecule has 1 fully saturated rings. The van der Waals surface area contributed by atoms with Crippen molar-refractivity contribution in [1.29, 1.82) is 0 Å². The normalized spacial score (nSPS) is 14.8. The van der Waals surface area contributed by atoms with Gasteiger partial charge in [0.15, 0.2) is 5.82 Å². The lowest BCUT2D eigenvalue weighted by Crippen LogP contribution is -2.47. The number of aromatic nitrogens is 5. The number of carbonyl (C=O) groups is 1. The monoisotopic (exact) mass is 591 g/mol. The first-order chi connectivity index (χ1) is 20.1. The van der Waals surface area contributed by atoms with Crippen molar-refractivity contribution in [1.82, 2.24) is 34.3 Å². The van der Waals surface area contributed by atoms with E-state index in [4.69, 9.17) is 14.7 Å². The molecule has 0 aliphatic carbocycles. The second-order valence-electron chi connectivity index (χ2n) is 11.8. The van der Waals surface area contributed by atoms with Gasteiger partial charge in [-0.25, -0.2) is 19.9 Å². The number of ether oxygens (including phenoxy) is 1. The van der Waals surface area contributed by atoms with E-state index in [1.165, 1.54) is 6.07 Å². The first kappa shape index (κ1) is 29.7. The van der Waals surface area contributed by atoms with Gasteiger partial charge >= 0.3 is 0 Å². The third kappa shape index (κ3) is 7.94. The molecule has 222 valence electrons. The van der Waals surface area contributed by atoms with Gasteiger partial charge in [-0.1, -0.05) is 25.7 Å². The van der Waals surface area contributed by atoms with Crippen LogP contribution < -0.4 is 10.6 Å². The van der Waals surface area contributed by atoms with Gasteiger partial charge in [0.05, 0.1) is 11.9 Å². The van der Waals surface area contributed by atoms with Crippen LogP contribution in [0.5, 0.6) is 0 Å². The van der Waals surface area contributed by atoms with E-state index >= 15 is 0 Å². The maximum atomic E-state index is 14.0. The standard InChI is InChI=1S/C29H38FN9O2Si/c1-37-12-14-38(15-13-37)19-26(40)34-25-18-21(8-10-31-25)32-27-22-9-11-39(20-41-16-17-42(2,3)4)29(22)36-28(35-27)23-6-5-7-24(30)33-23/h5-11,18H,12-17,19-20H2,1-4H3,(H2,31,32,34,35,36,40). The molecular formula is C29H38FN9O2Si. The number of nitrogens with zero attached hydrogens (tertiary/aromatic N) is 7. The number of halogens is 1. The highest BCUT2D eigenvalue weighted by molar-refractivity contribution is 6.76. The largest absolute Gasteiger partial charge is 0.361 e. The van der Waals surface area contributed by atoms with Crippen LogP contribution in [-0.4, -0.2) is 94.7 Å². The van der Waals surface area contributed by atoms with Crippen LogP contribution in [0.4, 0.5) is 21.7 Å². The zero-order valence-electron chi connectivity index (χ0n) is 24.6. The molecule has 4 aromatic heterocycles. The van der Waals surface area contributed by atoms with E-state index in [0.29, 0.717) is 48.5 Å². The third-order valence-corrected chi connectivity index (χ3v) is 8.75. The predicted octanol–water partition coefficient (Wildman–Crippen LogP) is 4.27. The van der Waals surface area contributed by atoms with Crippen molar-refractivity contribution in [2.75, 3.05) is 57.0 Å². The molecule has 5 heterocycles. The highest BCUT2D eigenvalue weighted by atomic mass is 28.3. The summed E-state index contributed by atoms with van der Waals surface area (Å²) < 4.78 is 21.9. The number of nitrogens with one attached hydrogen (secondary N) is 2. The summed E-state index contributed by atoms with van der Waals surface area (Å²) in [4.78, 5) is 34.8. The molecule has 0 saturated carbocycles. The topological polar surface area (TPSA) is 113 Å². The van der Waals surface area contributed by atoms with Gasteiger partial charge in [-0.2, -0.15) is 4.39 Å². The van der Waals surface area contributed by atoms with Crippen LogP contribution in [0.2, 0.25) is 25.7 Å². The van der Waals surface area contributed by atoms with Gasteiger partial charge in [0.2, 0.25) is 11.9 Å². The van der Waals surface area contributed by atoms with E-state index in [1.807, 2.05) is 16.8 Å². The number of pyridine rings is 2. The average Bonchev–Trinajstić information content (AvgIpc) is 3.35. The Bertz CT molecular complexity index is 1530. The van der Waals surface area contributed by atoms with Crippen LogP contribution in [0.25, 0.3) is 22.6 Å². The zero-order chi connectivity index (χ0) is 29.7. The summed E-state index contributed by atoms with van der Waals surface area (Å²) in [6.07, 6.45) is 3.52. The van der Waals surface area contributed by atoms with Crippen molar-refractivity contribution in [2.45, 2.75) is 32.4 Å². The summed E-state index contributed by atoms with van der Waals surface area (Å²) in [5, 5.41) is 7.01. The van der Waals surface area contributed by atoms with Gasteiger partial charge in [-0.05, 0) is 37.4 Å². The molecule has 0 radical (unpaired) electrons. The predicted molar refractivity (Wildman–Crippen MR) is 165 cm³/mol. The number of hydrogen-bond acceptors (Lipinski definition) is 9. The van der Waals surface area contributed by atoms with E-state index in [1.54, 1.807) is 30.5 Å². The lowest BCUT2D eigenvalue weighted by atomic mass is 10.3. The number of hydrogen-bond donors (Lipinski definition) is 2. The summed E-state index contributed by atoms with van der Waals surface area (Å²) in [6.45, 7) is 11.9. The van der Waals surface area contributed by atoms with Crippen LogP contribution in [0.3, 0.4) is 0 Å². The van der Waals surface area contributed by atoms with Gasteiger partial charge in [0.25, 0.3) is 0 Å². The third-order valence-electron chi connectivity index (χ3n) is 7.04. The Morgan fingerprint density at radius 1 is 1.07 bits per heavy atom. The Kier molecular flexibility index (Phi) is 9.21. The minimum atomic E-state index is -1.22. The van der Waals surface area contributed by atoms with E-state index < -0.39 is 14.0 Å². The maximum absolute atomic E-state index is 14.0. The van der Waals surface area contributed by atoms with Gasteiger partial charge in [0, 0.05) is 65.0 Å². The average molecular weight is 592 g/mol. The fourth-order valence-electron chi connectivity index (χ4n) is 4.56. The van der Waals surface area contributed by atoms with Gasteiger partial charge in [-0.15, -0.1) is 0 Å². The number of anilines is 3. The molecule has 0 bridgehead atoms. The van der Waals surface area contributed by atoms with Crippen LogP contribution in [-0.2, 0) is 16.3 Å². The summed E-state index contributed by atoms with van der Waals surface area (Å²) in [6, 6.07) is 11.1. The van der Waals surface area contributed by atoms with Gasteiger partial charge < -0.3 is 24.8 Å². The van der Waals surface area contributed by atoms with Crippen molar-refractivity contribution >= 4 is 42.3 Å². The SMILES string of the molecule is CN1CCN(CC(=O)Nc2cc(Nc3nc(-c4cccc(F)n4)nc4c3ccn4COCC[Si](C)(C)C)ccn2)CC1. The molecule has 0 unspecified atom stereocenters. The van der Waals surface area contributed by atoms with Crippen molar-refractivity contribution < 1.29 is 13.9 Å². The number of piperazine rings is 1. The summed E-state index contributed by atoms with van der Waals surface area (Å²) in [5.74, 6) is 0.509. The molecule has 2 N–H and O–H groups in total. The number of fused-ring (bicyclic) bond motifs is 1. The molecule has 42 heavy (non-hydrogen) atoms. The minimum Gasteiger partial charge on any atom is -0.361 e. The van der Waals surface area contributed by atoms with E-state index in [0.717, 1.165) is 37.6 Å². The number of likely N-dealkylation sites (N-methyl/N-ethyl adjacent to an activating group) is 1. The Labute approximate surface area is 246 Å². The smallest absolute Gasteiger partial charge is 0.239 e. The Morgan fingerprint density at radius 3 is 2.64 bits per heavy atom. The molecule has 1 aliphatic heterocycles. The van der Waals surface area contributed by atoms with Crippen LogP contribution in [0, 0.1) is 5.95 Å². The highest BCUT2D eigenvalue weighted by Crippen LogP contribution is 2.28. The summed E-state index contributed by atoms with van der Waals surface area (Å²) in [5.41, 5.74) is 1.63. The van der Waals surface area contributed by atoms with Crippen LogP contribution >= 0.6 is 0 Å². The maximum Gasteiger partial charge on any atom is 0.239 e. The summed E-state index contributed by atoms with van der Waals surface area (Å²) >= 11 is 0. The molecule has 0 atom stereocenters. The molecular weight excluding hydrogens is 553 g/mol. The lowest BCUT2D eigenvalue weighted by Gasteiger charge is -2.31. The van der Waals surface area contributed by atoms with Crippen LogP contribution in [0.15, 0.2) is 48.8 Å². The van der Waals surface area contributed by atoms with Crippen LogP contribution in [0.1, 0.15) is 0 Å². The molecule has 1 amide bonds. The first-order valence-electron chi connectivity index (χ1n) is 14.1. The molecule has 4 aromatic rings. The van der Waals surface area contributed by atoms with Crippen molar-refractivity contribution in [3.05, 3.63) is 54.7 Å². The minimum absolute atomic E-state index is 0.112. The zero-order valence-corrected chi connectivity index (χ0v) is 25.6. The molecule has 0 aromatic carbocycles. The summed E-state index contributed by atoms with van der Waals surface area (Å²) in [7, 11) is 0.862. The quantitative estimate of drug-likeness (QED) is 0.150. The fourth-order valence-corrected chi connectivity index (χ4v) is 5.31. The highest BCUT2D eigenvalue weighted by Gasteiger charge is 2.18. The van der Waals surface area contributed by atoms with E-state index in [9.17, 15) is 9.18 Å². The second-order valence-corrected chi connectivity index (χ2v) is 17.4. The molecule has 13 heteroatoms. The second kappa shape index (κ2) is 13.0. The Hall–Kier alpha value is -3.78. The van der Waals surface area contributed by atoms with Gasteiger partial charge in [0.1, 0.15) is 29.7 Å².